The predicted octanol–water partition coefficient (Wildman–Crippen LogP) is 2.62. The molecule has 21 heavy (non-hydrogen) atoms. The lowest BCUT2D eigenvalue weighted by Crippen LogP contribution is -2.42. The fourth-order valence-electron chi connectivity index (χ4n) is 3.02. The van der Waals surface area contributed by atoms with Gasteiger partial charge in [-0.2, -0.15) is 0 Å². The largest absolute Gasteiger partial charge is 0.481 e. The van der Waals surface area contributed by atoms with E-state index in [2.05, 4.69) is 6.92 Å². The van der Waals surface area contributed by atoms with Gasteiger partial charge in [0.15, 0.2) is 0 Å². The zero-order chi connectivity index (χ0) is 15.1. The SMILES string of the molecule is Cc1coc(CC(=O)O)c1C(=O)N(C1CC1)C(C)C1CC1. The smallest absolute Gasteiger partial charge is 0.311 e. The number of rotatable bonds is 6. The van der Waals surface area contributed by atoms with Gasteiger partial charge in [-0.3, -0.25) is 9.59 Å². The second-order valence-electron chi connectivity index (χ2n) is 6.31. The van der Waals surface area contributed by atoms with E-state index in [0.717, 1.165) is 18.4 Å². The summed E-state index contributed by atoms with van der Waals surface area (Å²) in [6, 6.07) is 0.553. The maximum atomic E-state index is 13.0. The van der Waals surface area contributed by atoms with Crippen molar-refractivity contribution in [1.82, 2.24) is 4.90 Å². The van der Waals surface area contributed by atoms with E-state index in [1.807, 2.05) is 4.90 Å². The molecule has 5 heteroatoms. The van der Waals surface area contributed by atoms with Crippen LogP contribution in [0.15, 0.2) is 10.7 Å². The van der Waals surface area contributed by atoms with Crippen molar-refractivity contribution in [3.8, 4) is 0 Å². The summed E-state index contributed by atoms with van der Waals surface area (Å²) in [4.78, 5) is 25.9. The number of furan rings is 1. The number of carboxylic acids is 1. The van der Waals surface area contributed by atoms with E-state index in [9.17, 15) is 9.59 Å². The molecule has 1 aromatic heterocycles. The lowest BCUT2D eigenvalue weighted by molar-refractivity contribution is -0.136. The molecule has 1 aromatic rings. The Morgan fingerprint density at radius 2 is 2.05 bits per heavy atom. The molecule has 0 aromatic carbocycles. The minimum Gasteiger partial charge on any atom is -0.481 e. The van der Waals surface area contributed by atoms with Crippen LogP contribution in [0.25, 0.3) is 0 Å². The fraction of sp³-hybridized carbons (Fsp3) is 0.625. The van der Waals surface area contributed by atoms with Crippen LogP contribution in [0.3, 0.4) is 0 Å². The Morgan fingerprint density at radius 1 is 1.38 bits per heavy atom. The van der Waals surface area contributed by atoms with E-state index < -0.39 is 5.97 Å². The van der Waals surface area contributed by atoms with Crippen LogP contribution in [0.4, 0.5) is 0 Å². The summed E-state index contributed by atoms with van der Waals surface area (Å²) in [5, 5.41) is 8.97. The monoisotopic (exact) mass is 291 g/mol. The van der Waals surface area contributed by atoms with Crippen LogP contribution in [0.5, 0.6) is 0 Å². The second kappa shape index (κ2) is 5.20. The number of carbonyl (C=O) groups excluding carboxylic acids is 1. The molecule has 0 spiro atoms. The Kier molecular flexibility index (Phi) is 3.51. The molecular formula is C16H21NO4. The lowest BCUT2D eigenvalue weighted by Gasteiger charge is -2.29. The minimum atomic E-state index is -0.980. The summed E-state index contributed by atoms with van der Waals surface area (Å²) in [6.45, 7) is 3.91. The normalized spacial score (nSPS) is 19.3. The van der Waals surface area contributed by atoms with E-state index in [-0.39, 0.29) is 24.1 Å². The van der Waals surface area contributed by atoms with Gasteiger partial charge in [0.2, 0.25) is 0 Å². The van der Waals surface area contributed by atoms with Gasteiger partial charge in [-0.15, -0.1) is 0 Å². The molecule has 1 N–H and O–H groups in total. The fourth-order valence-corrected chi connectivity index (χ4v) is 3.02. The molecule has 1 unspecified atom stereocenters. The van der Waals surface area contributed by atoms with Crippen LogP contribution in [-0.4, -0.2) is 34.0 Å². The van der Waals surface area contributed by atoms with Gasteiger partial charge in [0, 0.05) is 17.6 Å². The third-order valence-electron chi connectivity index (χ3n) is 4.49. The lowest BCUT2D eigenvalue weighted by atomic mass is 10.1. The molecule has 5 nitrogen and oxygen atoms in total. The van der Waals surface area contributed by atoms with E-state index in [0.29, 0.717) is 17.5 Å². The number of aliphatic carboxylic acids is 1. The Bertz CT molecular complexity index is 569. The number of aryl methyl sites for hydroxylation is 1. The average molecular weight is 291 g/mol. The van der Waals surface area contributed by atoms with Gasteiger partial charge in [0.1, 0.15) is 12.2 Å². The Balaban J connectivity index is 1.88. The molecule has 0 bridgehead atoms. The summed E-state index contributed by atoms with van der Waals surface area (Å²) in [5.41, 5.74) is 1.18. The van der Waals surface area contributed by atoms with Crippen molar-refractivity contribution >= 4 is 11.9 Å². The molecular weight excluding hydrogens is 270 g/mol. The molecule has 1 heterocycles. The number of nitrogens with zero attached hydrogens (tertiary/aromatic N) is 1. The minimum absolute atomic E-state index is 0.0561. The third kappa shape index (κ3) is 2.82. The van der Waals surface area contributed by atoms with E-state index >= 15 is 0 Å². The van der Waals surface area contributed by atoms with Gasteiger partial charge < -0.3 is 14.4 Å². The molecule has 0 radical (unpaired) electrons. The molecule has 2 aliphatic carbocycles. The number of carboxylic acid groups (broad SMARTS) is 1. The molecule has 1 amide bonds. The highest BCUT2D eigenvalue weighted by Crippen LogP contribution is 2.40. The van der Waals surface area contributed by atoms with Crippen LogP contribution < -0.4 is 0 Å². The van der Waals surface area contributed by atoms with Crippen LogP contribution in [0, 0.1) is 12.8 Å². The van der Waals surface area contributed by atoms with Crippen molar-refractivity contribution in [1.29, 1.82) is 0 Å². The number of hydrogen-bond donors (Lipinski definition) is 1. The molecule has 0 aliphatic heterocycles. The molecule has 0 saturated heterocycles. The molecule has 2 aliphatic rings. The van der Waals surface area contributed by atoms with E-state index in [4.69, 9.17) is 9.52 Å². The zero-order valence-electron chi connectivity index (χ0n) is 12.5. The number of hydrogen-bond acceptors (Lipinski definition) is 3. The van der Waals surface area contributed by atoms with Crippen molar-refractivity contribution in [2.45, 2.75) is 58.0 Å². The second-order valence-corrected chi connectivity index (χ2v) is 6.31. The van der Waals surface area contributed by atoms with Crippen LogP contribution >= 0.6 is 0 Å². The Morgan fingerprint density at radius 3 is 2.57 bits per heavy atom. The predicted molar refractivity (Wildman–Crippen MR) is 76.2 cm³/mol. The first kappa shape index (κ1) is 14.2. The topological polar surface area (TPSA) is 70.7 Å². The summed E-state index contributed by atoms with van der Waals surface area (Å²) in [7, 11) is 0. The number of carbonyl (C=O) groups is 2. The van der Waals surface area contributed by atoms with E-state index in [1.165, 1.54) is 19.1 Å². The van der Waals surface area contributed by atoms with Gasteiger partial charge in [-0.25, -0.2) is 0 Å². The van der Waals surface area contributed by atoms with Crippen LogP contribution in [-0.2, 0) is 11.2 Å². The van der Waals surface area contributed by atoms with Gasteiger partial charge in [-0.05, 0) is 45.4 Å². The van der Waals surface area contributed by atoms with Crippen molar-refractivity contribution in [3.63, 3.8) is 0 Å². The highest BCUT2D eigenvalue weighted by Gasteiger charge is 2.43. The number of amides is 1. The third-order valence-corrected chi connectivity index (χ3v) is 4.49. The van der Waals surface area contributed by atoms with Crippen LogP contribution in [0.2, 0.25) is 0 Å². The average Bonchev–Trinajstić information content (AvgIpc) is 3.29. The maximum Gasteiger partial charge on any atom is 0.311 e. The van der Waals surface area contributed by atoms with Crippen molar-refractivity contribution in [2.75, 3.05) is 0 Å². The van der Waals surface area contributed by atoms with Gasteiger partial charge in [-0.1, -0.05) is 0 Å². The standard InChI is InChI=1S/C16H21NO4/c1-9-8-21-13(7-14(18)19)15(9)16(20)17(12-5-6-12)10(2)11-3-4-11/h8,10-12H,3-7H2,1-2H3,(H,18,19). The molecule has 3 rings (SSSR count). The molecule has 2 saturated carbocycles. The van der Waals surface area contributed by atoms with Gasteiger partial charge in [0.25, 0.3) is 5.91 Å². The maximum absolute atomic E-state index is 13.0. The van der Waals surface area contributed by atoms with Crippen molar-refractivity contribution in [3.05, 3.63) is 23.2 Å². The summed E-state index contributed by atoms with van der Waals surface area (Å²) in [5.74, 6) is -0.158. The summed E-state index contributed by atoms with van der Waals surface area (Å²) < 4.78 is 5.31. The summed E-state index contributed by atoms with van der Waals surface area (Å²) >= 11 is 0. The first-order valence-corrected chi connectivity index (χ1v) is 7.60. The van der Waals surface area contributed by atoms with Gasteiger partial charge >= 0.3 is 5.97 Å². The first-order chi connectivity index (χ1) is 9.99. The van der Waals surface area contributed by atoms with Crippen molar-refractivity contribution in [2.24, 2.45) is 5.92 Å². The Labute approximate surface area is 123 Å². The summed E-state index contributed by atoms with van der Waals surface area (Å²) in [6.07, 6.45) is 5.71. The van der Waals surface area contributed by atoms with E-state index in [1.54, 1.807) is 6.92 Å². The molecule has 114 valence electrons. The highest BCUT2D eigenvalue weighted by atomic mass is 16.4. The first-order valence-electron chi connectivity index (χ1n) is 7.60. The quantitative estimate of drug-likeness (QED) is 0.874. The zero-order valence-corrected chi connectivity index (χ0v) is 12.5. The van der Waals surface area contributed by atoms with Crippen LogP contribution in [0.1, 0.15) is 54.3 Å². The molecule has 1 atom stereocenters. The Hall–Kier alpha value is -1.78. The molecule has 2 fully saturated rings. The highest BCUT2D eigenvalue weighted by molar-refractivity contribution is 5.98. The van der Waals surface area contributed by atoms with Crippen molar-refractivity contribution < 1.29 is 19.1 Å². The van der Waals surface area contributed by atoms with Gasteiger partial charge in [0.05, 0.1) is 11.8 Å².